The second-order valence-electron chi connectivity index (χ2n) is 7.90. The maximum atomic E-state index is 13.4. The molecule has 0 atom stereocenters. The summed E-state index contributed by atoms with van der Waals surface area (Å²) < 4.78 is 15.1. The number of fused-ring (bicyclic) bond motifs is 1. The zero-order valence-electron chi connectivity index (χ0n) is 18.3. The molecule has 0 fully saturated rings. The fraction of sp³-hybridized carbons (Fsp3) is 0.115. The van der Waals surface area contributed by atoms with Crippen molar-refractivity contribution in [3.8, 4) is 5.69 Å². The molecule has 9 heteroatoms. The predicted octanol–water partition coefficient (Wildman–Crippen LogP) is 6.43. The number of thioether (sulfide) groups is 1. The van der Waals surface area contributed by atoms with Crippen molar-refractivity contribution in [2.75, 3.05) is 5.75 Å². The number of benzene rings is 2. The average Bonchev–Trinajstić information content (AvgIpc) is 3.25. The molecule has 1 amide bonds. The largest absolute Gasteiger partial charge is 0.345 e. The number of pyridine rings is 1. The molecule has 0 unspecified atom stereocenters. The smallest absolute Gasteiger partial charge is 0.272 e. The summed E-state index contributed by atoms with van der Waals surface area (Å²) >= 11 is 14.4. The van der Waals surface area contributed by atoms with Crippen molar-refractivity contribution in [2.24, 2.45) is 0 Å². The number of carbonyl (C=O) groups excluding carboxylic acids is 1. The minimum absolute atomic E-state index is 0.286. The van der Waals surface area contributed by atoms with Crippen molar-refractivity contribution in [1.29, 1.82) is 0 Å². The topological polar surface area (TPSA) is 59.8 Å². The molecule has 1 aliphatic rings. The Morgan fingerprint density at radius 1 is 1.11 bits per heavy atom. The van der Waals surface area contributed by atoms with Gasteiger partial charge in [-0.05, 0) is 59.7 Å². The molecule has 0 spiro atoms. The van der Waals surface area contributed by atoms with Gasteiger partial charge in [-0.15, -0.1) is 0 Å². The molecule has 0 saturated carbocycles. The van der Waals surface area contributed by atoms with Crippen LogP contribution in [0.5, 0.6) is 0 Å². The van der Waals surface area contributed by atoms with Gasteiger partial charge in [-0.2, -0.15) is 16.9 Å². The van der Waals surface area contributed by atoms with Gasteiger partial charge in [0.25, 0.3) is 5.91 Å². The third-order valence-electron chi connectivity index (χ3n) is 5.51. The minimum atomic E-state index is -0.296. The molecule has 3 heterocycles. The van der Waals surface area contributed by atoms with E-state index in [9.17, 15) is 9.18 Å². The second-order valence-corrected chi connectivity index (χ2v) is 9.73. The molecule has 1 aliphatic heterocycles. The molecule has 0 saturated heterocycles. The summed E-state index contributed by atoms with van der Waals surface area (Å²) in [6, 6.07) is 17.0. The van der Waals surface area contributed by atoms with E-state index in [1.807, 2.05) is 24.3 Å². The molecule has 1 N–H and O–H groups in total. The summed E-state index contributed by atoms with van der Waals surface area (Å²) in [5.41, 5.74) is 5.14. The summed E-state index contributed by atoms with van der Waals surface area (Å²) in [6.45, 7) is 0.286. The van der Waals surface area contributed by atoms with Crippen molar-refractivity contribution < 1.29 is 9.18 Å². The zero-order valence-corrected chi connectivity index (χ0v) is 20.7. The normalized spacial score (nSPS) is 14.1. The second kappa shape index (κ2) is 10.2. The molecule has 2 aromatic carbocycles. The van der Waals surface area contributed by atoms with E-state index < -0.39 is 0 Å². The maximum Gasteiger partial charge on any atom is 0.272 e. The predicted molar refractivity (Wildman–Crippen MR) is 139 cm³/mol. The summed E-state index contributed by atoms with van der Waals surface area (Å²) in [5, 5.41) is 8.56. The van der Waals surface area contributed by atoms with Crippen LogP contribution in [0.25, 0.3) is 17.3 Å². The Morgan fingerprint density at radius 3 is 2.69 bits per heavy atom. The van der Waals surface area contributed by atoms with Gasteiger partial charge < -0.3 is 5.32 Å². The number of rotatable bonds is 5. The van der Waals surface area contributed by atoms with E-state index in [4.69, 9.17) is 28.3 Å². The lowest BCUT2D eigenvalue weighted by Gasteiger charge is -2.19. The summed E-state index contributed by atoms with van der Waals surface area (Å²) in [6.07, 6.45) is 3.67. The monoisotopic (exact) mass is 524 g/mol. The van der Waals surface area contributed by atoms with E-state index in [0.29, 0.717) is 32.9 Å². The first-order valence-corrected chi connectivity index (χ1v) is 12.7. The average molecular weight is 525 g/mol. The van der Waals surface area contributed by atoms with Gasteiger partial charge in [0, 0.05) is 28.3 Å². The molecule has 0 radical (unpaired) electrons. The van der Waals surface area contributed by atoms with Crippen LogP contribution in [0.4, 0.5) is 4.39 Å². The van der Waals surface area contributed by atoms with Gasteiger partial charge in [0.15, 0.2) is 5.69 Å². The number of halogens is 3. The minimum Gasteiger partial charge on any atom is -0.345 e. The Bertz CT molecular complexity index is 1420. The molecular formula is C26H19Cl2FN4OS. The molecule has 5 nitrogen and oxygen atoms in total. The molecular weight excluding hydrogens is 506 g/mol. The highest BCUT2D eigenvalue weighted by atomic mass is 35.5. The number of aromatic nitrogens is 3. The van der Waals surface area contributed by atoms with E-state index in [1.54, 1.807) is 53.0 Å². The van der Waals surface area contributed by atoms with Crippen LogP contribution >= 0.6 is 35.0 Å². The molecule has 0 aliphatic carbocycles. The lowest BCUT2D eigenvalue weighted by Crippen LogP contribution is -2.25. The third kappa shape index (κ3) is 5.12. The maximum absolute atomic E-state index is 13.4. The quantitative estimate of drug-likeness (QED) is 0.326. The number of hydrogen-bond acceptors (Lipinski definition) is 4. The van der Waals surface area contributed by atoms with Crippen LogP contribution in [-0.4, -0.2) is 26.4 Å². The SMILES string of the molecule is O=C(NCc1ccccn1)c1nn(-c2ccc(Cl)cc2Cl)c2c1CSCC2=Cc1ccc(F)cc1. The Morgan fingerprint density at radius 2 is 1.94 bits per heavy atom. The zero-order chi connectivity index (χ0) is 24.4. The number of carbonyl (C=O) groups is 1. The fourth-order valence-corrected chi connectivity index (χ4v) is 5.39. The molecule has 35 heavy (non-hydrogen) atoms. The van der Waals surface area contributed by atoms with Crippen LogP contribution in [0, 0.1) is 5.82 Å². The Hall–Kier alpha value is -3.13. The molecule has 4 aromatic rings. The summed E-state index contributed by atoms with van der Waals surface area (Å²) in [7, 11) is 0. The van der Waals surface area contributed by atoms with Crippen LogP contribution in [0.2, 0.25) is 10.0 Å². The Kier molecular flexibility index (Phi) is 6.90. The van der Waals surface area contributed by atoms with E-state index >= 15 is 0 Å². The molecule has 2 aromatic heterocycles. The van der Waals surface area contributed by atoms with Gasteiger partial charge in [0.05, 0.1) is 28.6 Å². The highest BCUT2D eigenvalue weighted by molar-refractivity contribution is 7.99. The first-order valence-electron chi connectivity index (χ1n) is 10.8. The van der Waals surface area contributed by atoms with Gasteiger partial charge in [-0.1, -0.05) is 41.4 Å². The number of nitrogens with one attached hydrogen (secondary N) is 1. The van der Waals surface area contributed by atoms with Crippen LogP contribution in [-0.2, 0) is 12.3 Å². The first kappa shape index (κ1) is 23.6. The third-order valence-corrected chi connectivity index (χ3v) is 7.06. The van der Waals surface area contributed by atoms with E-state index in [2.05, 4.69) is 10.3 Å². The lowest BCUT2D eigenvalue weighted by molar-refractivity contribution is 0.0944. The van der Waals surface area contributed by atoms with Gasteiger partial charge in [0.1, 0.15) is 5.82 Å². The van der Waals surface area contributed by atoms with Crippen molar-refractivity contribution in [3.63, 3.8) is 0 Å². The van der Waals surface area contributed by atoms with Crippen LogP contribution in [0.15, 0.2) is 66.9 Å². The van der Waals surface area contributed by atoms with Crippen molar-refractivity contribution >= 4 is 52.5 Å². The van der Waals surface area contributed by atoms with Crippen molar-refractivity contribution in [3.05, 3.63) is 111 Å². The molecule has 5 rings (SSSR count). The summed E-state index contributed by atoms with van der Waals surface area (Å²) in [5.74, 6) is 0.735. The van der Waals surface area contributed by atoms with Gasteiger partial charge >= 0.3 is 0 Å². The number of hydrogen-bond donors (Lipinski definition) is 1. The van der Waals surface area contributed by atoms with Crippen LogP contribution in [0.3, 0.4) is 0 Å². The first-order chi connectivity index (χ1) is 17.0. The van der Waals surface area contributed by atoms with Crippen molar-refractivity contribution in [1.82, 2.24) is 20.1 Å². The molecule has 0 bridgehead atoms. The standard InChI is InChI=1S/C26H19Cl2FN4OS/c27-18-6-9-23(22(28)12-18)33-25-17(11-16-4-7-19(29)8-5-16)14-35-15-21(25)24(32-33)26(34)31-13-20-3-1-2-10-30-20/h1-12H,13-15H2,(H,31,34). The highest BCUT2D eigenvalue weighted by Crippen LogP contribution is 2.38. The van der Waals surface area contributed by atoms with Gasteiger partial charge in [-0.3, -0.25) is 9.78 Å². The molecule has 176 valence electrons. The van der Waals surface area contributed by atoms with Gasteiger partial charge in [-0.25, -0.2) is 9.07 Å². The highest BCUT2D eigenvalue weighted by Gasteiger charge is 2.29. The van der Waals surface area contributed by atoms with Crippen molar-refractivity contribution in [2.45, 2.75) is 12.3 Å². The van der Waals surface area contributed by atoms with Crippen LogP contribution < -0.4 is 5.32 Å². The fourth-order valence-electron chi connectivity index (χ4n) is 3.89. The van der Waals surface area contributed by atoms with E-state index in [-0.39, 0.29) is 18.3 Å². The number of amides is 1. The lowest BCUT2D eigenvalue weighted by atomic mass is 10.0. The van der Waals surface area contributed by atoms with E-state index in [1.165, 1.54) is 12.1 Å². The van der Waals surface area contributed by atoms with E-state index in [0.717, 1.165) is 28.1 Å². The van der Waals surface area contributed by atoms with Crippen LogP contribution in [0.1, 0.15) is 33.0 Å². The number of nitrogens with zero attached hydrogens (tertiary/aromatic N) is 3. The van der Waals surface area contributed by atoms with Gasteiger partial charge in [0.2, 0.25) is 0 Å². The summed E-state index contributed by atoms with van der Waals surface area (Å²) in [4.78, 5) is 17.5. The Labute approximate surface area is 216 Å². The Balaban J connectivity index is 1.60.